The fourth-order valence-corrected chi connectivity index (χ4v) is 2.74. The van der Waals surface area contributed by atoms with Crippen molar-refractivity contribution in [2.45, 2.75) is 13.5 Å². The van der Waals surface area contributed by atoms with E-state index in [9.17, 15) is 9.59 Å². The number of nitrogen functional groups attached to an aromatic ring is 1. The molecule has 3 rings (SSSR count). The summed E-state index contributed by atoms with van der Waals surface area (Å²) in [6, 6.07) is 12.3. The lowest BCUT2D eigenvalue weighted by Crippen LogP contribution is -2.21. The van der Waals surface area contributed by atoms with Gasteiger partial charge in [0.1, 0.15) is 18.0 Å². The van der Waals surface area contributed by atoms with Gasteiger partial charge in [-0.05, 0) is 36.8 Å². The molecular formula is C20H22N6O4. The van der Waals surface area contributed by atoms with Crippen molar-refractivity contribution in [3.05, 3.63) is 53.7 Å². The molecule has 10 nitrogen and oxygen atoms in total. The van der Waals surface area contributed by atoms with E-state index in [0.29, 0.717) is 22.9 Å². The average Bonchev–Trinajstić information content (AvgIpc) is 3.08. The first kappa shape index (κ1) is 20.6. The van der Waals surface area contributed by atoms with E-state index in [0.717, 1.165) is 10.2 Å². The van der Waals surface area contributed by atoms with Gasteiger partial charge < -0.3 is 25.8 Å². The van der Waals surface area contributed by atoms with Gasteiger partial charge in [0.2, 0.25) is 5.91 Å². The van der Waals surface area contributed by atoms with Crippen LogP contribution in [0, 0.1) is 6.92 Å². The molecule has 2 aromatic carbocycles. The van der Waals surface area contributed by atoms with E-state index in [2.05, 4.69) is 20.9 Å². The topological polar surface area (TPSA) is 133 Å². The summed E-state index contributed by atoms with van der Waals surface area (Å²) in [5.41, 5.74) is 7.97. The molecule has 0 spiro atoms. The maximum atomic E-state index is 12.6. The van der Waals surface area contributed by atoms with Crippen molar-refractivity contribution >= 4 is 29.0 Å². The van der Waals surface area contributed by atoms with E-state index < -0.39 is 5.91 Å². The molecule has 1 aromatic heterocycles. The number of benzene rings is 2. The van der Waals surface area contributed by atoms with Crippen molar-refractivity contribution in [1.82, 2.24) is 15.0 Å². The Kier molecular flexibility index (Phi) is 6.16. The first-order chi connectivity index (χ1) is 14.4. The zero-order valence-electron chi connectivity index (χ0n) is 16.8. The monoisotopic (exact) mass is 410 g/mol. The third-order valence-electron chi connectivity index (χ3n) is 4.24. The molecule has 0 fully saturated rings. The quantitative estimate of drug-likeness (QED) is 0.543. The summed E-state index contributed by atoms with van der Waals surface area (Å²) >= 11 is 0. The molecule has 0 atom stereocenters. The third-order valence-corrected chi connectivity index (χ3v) is 4.24. The highest BCUT2D eigenvalue weighted by Crippen LogP contribution is 2.29. The lowest BCUT2D eigenvalue weighted by atomic mass is 10.2. The number of amides is 2. The Bertz CT molecular complexity index is 1080. The van der Waals surface area contributed by atoms with Gasteiger partial charge in [-0.2, -0.15) is 0 Å². The number of nitrogens with one attached hydrogen (secondary N) is 2. The second-order valence-corrected chi connectivity index (χ2v) is 6.42. The SMILES string of the molecule is COc1ccc(NC(=O)c2nnn(CC(=O)Nc3cccc(C)c3)c2N)c(OC)c1. The van der Waals surface area contributed by atoms with Crippen LogP contribution in [0.3, 0.4) is 0 Å². The summed E-state index contributed by atoms with van der Waals surface area (Å²) in [6.07, 6.45) is 0. The lowest BCUT2D eigenvalue weighted by molar-refractivity contribution is -0.116. The van der Waals surface area contributed by atoms with Gasteiger partial charge in [0.25, 0.3) is 5.91 Å². The number of anilines is 3. The minimum absolute atomic E-state index is 0.0284. The number of hydrogen-bond donors (Lipinski definition) is 3. The number of aromatic nitrogens is 3. The standard InChI is InChI=1S/C20H22N6O4/c1-12-5-4-6-13(9-12)22-17(27)11-26-19(21)18(24-25-26)20(28)23-15-8-7-14(29-2)10-16(15)30-3/h4-10H,11,21H2,1-3H3,(H,22,27)(H,23,28). The van der Waals surface area contributed by atoms with Crippen LogP contribution in [0.25, 0.3) is 0 Å². The number of hydrogen-bond acceptors (Lipinski definition) is 7. The summed E-state index contributed by atoms with van der Waals surface area (Å²) in [5.74, 6) is 0.0304. The predicted molar refractivity (Wildman–Crippen MR) is 112 cm³/mol. The van der Waals surface area contributed by atoms with E-state index in [-0.39, 0.29) is 24.0 Å². The van der Waals surface area contributed by atoms with Gasteiger partial charge in [0.05, 0.1) is 19.9 Å². The summed E-state index contributed by atoms with van der Waals surface area (Å²) in [7, 11) is 3.00. The number of rotatable bonds is 7. The van der Waals surface area contributed by atoms with Crippen molar-refractivity contribution < 1.29 is 19.1 Å². The summed E-state index contributed by atoms with van der Waals surface area (Å²) in [5, 5.41) is 13.0. The Balaban J connectivity index is 1.70. The molecule has 2 amide bonds. The molecule has 0 unspecified atom stereocenters. The minimum Gasteiger partial charge on any atom is -0.497 e. The van der Waals surface area contributed by atoms with Gasteiger partial charge >= 0.3 is 0 Å². The van der Waals surface area contributed by atoms with Crippen molar-refractivity contribution in [3.63, 3.8) is 0 Å². The molecule has 0 radical (unpaired) electrons. The van der Waals surface area contributed by atoms with Crippen LogP contribution in [-0.2, 0) is 11.3 Å². The molecule has 3 aromatic rings. The average molecular weight is 410 g/mol. The fraction of sp³-hybridized carbons (Fsp3) is 0.200. The minimum atomic E-state index is -0.582. The Hall–Kier alpha value is -4.08. The van der Waals surface area contributed by atoms with E-state index in [1.807, 2.05) is 25.1 Å². The molecular weight excluding hydrogens is 388 g/mol. The van der Waals surface area contributed by atoms with Crippen LogP contribution in [0.1, 0.15) is 16.1 Å². The smallest absolute Gasteiger partial charge is 0.280 e. The molecule has 0 saturated carbocycles. The van der Waals surface area contributed by atoms with E-state index in [1.54, 1.807) is 24.3 Å². The van der Waals surface area contributed by atoms with Crippen molar-refractivity contribution in [2.75, 3.05) is 30.6 Å². The molecule has 4 N–H and O–H groups in total. The van der Waals surface area contributed by atoms with Crippen LogP contribution in [0.5, 0.6) is 11.5 Å². The zero-order chi connectivity index (χ0) is 21.7. The highest BCUT2D eigenvalue weighted by atomic mass is 16.5. The molecule has 156 valence electrons. The Morgan fingerprint density at radius 1 is 1.10 bits per heavy atom. The molecule has 0 aliphatic heterocycles. The summed E-state index contributed by atoms with van der Waals surface area (Å²) < 4.78 is 11.5. The van der Waals surface area contributed by atoms with Crippen LogP contribution < -0.4 is 25.8 Å². The number of ether oxygens (including phenoxy) is 2. The van der Waals surface area contributed by atoms with Gasteiger partial charge in [-0.3, -0.25) is 9.59 Å². The third kappa shape index (κ3) is 4.66. The Morgan fingerprint density at radius 3 is 2.60 bits per heavy atom. The number of carbonyl (C=O) groups excluding carboxylic acids is 2. The first-order valence-corrected chi connectivity index (χ1v) is 9.00. The van der Waals surface area contributed by atoms with E-state index in [1.165, 1.54) is 14.2 Å². The van der Waals surface area contributed by atoms with Gasteiger partial charge in [0.15, 0.2) is 11.5 Å². The second-order valence-electron chi connectivity index (χ2n) is 6.42. The molecule has 0 bridgehead atoms. The molecule has 30 heavy (non-hydrogen) atoms. The lowest BCUT2D eigenvalue weighted by Gasteiger charge is -2.11. The van der Waals surface area contributed by atoms with Crippen LogP contribution in [0.2, 0.25) is 0 Å². The number of nitrogens with two attached hydrogens (primary N) is 1. The summed E-state index contributed by atoms with van der Waals surface area (Å²) in [6.45, 7) is 1.74. The normalized spacial score (nSPS) is 10.4. The zero-order valence-corrected chi connectivity index (χ0v) is 16.8. The number of methoxy groups -OCH3 is 2. The van der Waals surface area contributed by atoms with Crippen LogP contribution >= 0.6 is 0 Å². The number of nitrogens with zero attached hydrogens (tertiary/aromatic N) is 3. The van der Waals surface area contributed by atoms with Crippen molar-refractivity contribution in [1.29, 1.82) is 0 Å². The number of aryl methyl sites for hydroxylation is 1. The van der Waals surface area contributed by atoms with Gasteiger partial charge in [-0.1, -0.05) is 17.3 Å². The Labute approximate surface area is 173 Å². The maximum Gasteiger partial charge on any atom is 0.280 e. The molecule has 10 heteroatoms. The summed E-state index contributed by atoms with van der Waals surface area (Å²) in [4.78, 5) is 24.9. The van der Waals surface area contributed by atoms with E-state index in [4.69, 9.17) is 15.2 Å². The molecule has 0 saturated heterocycles. The van der Waals surface area contributed by atoms with Gasteiger partial charge in [-0.25, -0.2) is 4.68 Å². The van der Waals surface area contributed by atoms with Crippen LogP contribution in [0.15, 0.2) is 42.5 Å². The number of carbonyl (C=O) groups is 2. The highest BCUT2D eigenvalue weighted by molar-refractivity contribution is 6.06. The molecule has 0 aliphatic rings. The predicted octanol–water partition coefficient (Wildman–Crippen LogP) is 2.08. The molecule has 0 aliphatic carbocycles. The second kappa shape index (κ2) is 8.95. The maximum absolute atomic E-state index is 12.6. The van der Waals surface area contributed by atoms with Crippen molar-refractivity contribution in [2.24, 2.45) is 0 Å². The van der Waals surface area contributed by atoms with E-state index >= 15 is 0 Å². The highest BCUT2D eigenvalue weighted by Gasteiger charge is 2.20. The van der Waals surface area contributed by atoms with Crippen LogP contribution in [-0.4, -0.2) is 41.0 Å². The fourth-order valence-electron chi connectivity index (χ4n) is 2.74. The Morgan fingerprint density at radius 2 is 1.90 bits per heavy atom. The van der Waals surface area contributed by atoms with Crippen LogP contribution in [0.4, 0.5) is 17.2 Å². The first-order valence-electron chi connectivity index (χ1n) is 9.00. The van der Waals surface area contributed by atoms with Crippen molar-refractivity contribution in [3.8, 4) is 11.5 Å². The van der Waals surface area contributed by atoms with Gasteiger partial charge in [-0.15, -0.1) is 5.10 Å². The largest absolute Gasteiger partial charge is 0.497 e. The molecule has 1 heterocycles. The van der Waals surface area contributed by atoms with Gasteiger partial charge in [0, 0.05) is 11.8 Å².